The summed E-state index contributed by atoms with van der Waals surface area (Å²) in [5.74, 6) is 0.876. The van der Waals surface area contributed by atoms with Gasteiger partial charge in [-0.2, -0.15) is 5.10 Å². The third kappa shape index (κ3) is 3.32. The summed E-state index contributed by atoms with van der Waals surface area (Å²) in [6, 6.07) is 0.634. The van der Waals surface area contributed by atoms with Crippen LogP contribution in [0.2, 0.25) is 0 Å². The number of hydrogen-bond donors (Lipinski definition) is 1. The van der Waals surface area contributed by atoms with Crippen molar-refractivity contribution in [3.05, 3.63) is 17.5 Å². The van der Waals surface area contributed by atoms with Crippen molar-refractivity contribution in [1.29, 1.82) is 0 Å². The number of rotatable bonds is 4. The van der Waals surface area contributed by atoms with E-state index in [4.69, 9.17) is 0 Å². The minimum atomic E-state index is 0.634. The van der Waals surface area contributed by atoms with Crippen molar-refractivity contribution in [1.82, 2.24) is 15.1 Å². The molecule has 1 aliphatic rings. The van der Waals surface area contributed by atoms with E-state index in [1.54, 1.807) is 0 Å². The molecular weight excluding hydrogens is 210 g/mol. The Labute approximate surface area is 105 Å². The van der Waals surface area contributed by atoms with Gasteiger partial charge in [-0.05, 0) is 32.6 Å². The van der Waals surface area contributed by atoms with E-state index in [9.17, 15) is 0 Å². The van der Waals surface area contributed by atoms with Crippen molar-refractivity contribution in [2.75, 3.05) is 0 Å². The second kappa shape index (κ2) is 5.67. The van der Waals surface area contributed by atoms with Gasteiger partial charge in [0.1, 0.15) is 0 Å². The van der Waals surface area contributed by atoms with E-state index in [1.807, 2.05) is 11.7 Å². The van der Waals surface area contributed by atoms with Gasteiger partial charge in [0.05, 0.1) is 5.69 Å². The fourth-order valence-corrected chi connectivity index (χ4v) is 2.89. The molecule has 0 spiro atoms. The summed E-state index contributed by atoms with van der Waals surface area (Å²) in [6.07, 6.45) is 9.20. The average Bonchev–Trinajstić information content (AvgIpc) is 2.66. The van der Waals surface area contributed by atoms with Crippen LogP contribution in [0.25, 0.3) is 0 Å². The first-order valence-corrected chi connectivity index (χ1v) is 6.89. The number of aryl methyl sites for hydroxylation is 2. The topological polar surface area (TPSA) is 29.9 Å². The second-order valence-electron chi connectivity index (χ2n) is 5.48. The lowest BCUT2D eigenvalue weighted by molar-refractivity contribution is 0.280. The normalized spacial score (nSPS) is 19.5. The predicted molar refractivity (Wildman–Crippen MR) is 70.8 cm³/mol. The van der Waals surface area contributed by atoms with Crippen LogP contribution in [0.1, 0.15) is 50.3 Å². The lowest BCUT2D eigenvalue weighted by Crippen LogP contribution is -2.34. The van der Waals surface area contributed by atoms with Gasteiger partial charge in [0.2, 0.25) is 0 Å². The lowest BCUT2D eigenvalue weighted by atomic mass is 9.84. The SMILES string of the molecule is Cc1nn(C)cc1CN[C@H](C)C1CCCCC1. The molecule has 2 rings (SSSR count). The fourth-order valence-electron chi connectivity index (χ4n) is 2.89. The predicted octanol–water partition coefficient (Wildman–Crippen LogP) is 2.79. The van der Waals surface area contributed by atoms with Gasteiger partial charge < -0.3 is 5.32 Å². The Bertz CT molecular complexity index is 350. The van der Waals surface area contributed by atoms with E-state index in [1.165, 1.54) is 37.7 Å². The summed E-state index contributed by atoms with van der Waals surface area (Å²) < 4.78 is 1.90. The second-order valence-corrected chi connectivity index (χ2v) is 5.48. The highest BCUT2D eigenvalue weighted by Gasteiger charge is 2.19. The molecule has 1 N–H and O–H groups in total. The zero-order valence-electron chi connectivity index (χ0n) is 11.4. The molecule has 1 saturated carbocycles. The summed E-state index contributed by atoms with van der Waals surface area (Å²) in [4.78, 5) is 0. The van der Waals surface area contributed by atoms with Crippen LogP contribution < -0.4 is 5.32 Å². The molecule has 1 aliphatic carbocycles. The molecule has 0 radical (unpaired) electrons. The summed E-state index contributed by atoms with van der Waals surface area (Å²) in [5, 5.41) is 8.05. The van der Waals surface area contributed by atoms with Crippen molar-refractivity contribution in [2.45, 2.75) is 58.5 Å². The monoisotopic (exact) mass is 235 g/mol. The maximum absolute atomic E-state index is 4.38. The molecule has 1 fully saturated rings. The van der Waals surface area contributed by atoms with Crippen LogP contribution in [-0.2, 0) is 13.6 Å². The van der Waals surface area contributed by atoms with Gasteiger partial charge in [-0.1, -0.05) is 19.3 Å². The van der Waals surface area contributed by atoms with E-state index < -0.39 is 0 Å². The van der Waals surface area contributed by atoms with Crippen molar-refractivity contribution in [3.63, 3.8) is 0 Å². The first-order valence-electron chi connectivity index (χ1n) is 6.89. The van der Waals surface area contributed by atoms with Gasteiger partial charge in [0.15, 0.2) is 0 Å². The third-order valence-corrected chi connectivity index (χ3v) is 4.09. The van der Waals surface area contributed by atoms with Crippen molar-refractivity contribution in [2.24, 2.45) is 13.0 Å². The first-order chi connectivity index (χ1) is 8.16. The minimum absolute atomic E-state index is 0.634. The van der Waals surface area contributed by atoms with Gasteiger partial charge in [0.25, 0.3) is 0 Å². The van der Waals surface area contributed by atoms with Gasteiger partial charge >= 0.3 is 0 Å². The molecule has 0 aliphatic heterocycles. The Hall–Kier alpha value is -0.830. The maximum Gasteiger partial charge on any atom is 0.0638 e. The number of nitrogens with one attached hydrogen (secondary N) is 1. The zero-order valence-corrected chi connectivity index (χ0v) is 11.4. The van der Waals surface area contributed by atoms with E-state index in [0.717, 1.165) is 18.2 Å². The van der Waals surface area contributed by atoms with Crippen LogP contribution in [0.4, 0.5) is 0 Å². The van der Waals surface area contributed by atoms with Gasteiger partial charge in [-0.15, -0.1) is 0 Å². The Morgan fingerprint density at radius 3 is 2.71 bits per heavy atom. The van der Waals surface area contributed by atoms with Crippen LogP contribution >= 0.6 is 0 Å². The van der Waals surface area contributed by atoms with Crippen molar-refractivity contribution >= 4 is 0 Å². The van der Waals surface area contributed by atoms with E-state index in [-0.39, 0.29) is 0 Å². The number of aromatic nitrogens is 2. The highest BCUT2D eigenvalue weighted by molar-refractivity contribution is 5.14. The van der Waals surface area contributed by atoms with Crippen LogP contribution in [0.15, 0.2) is 6.20 Å². The molecular formula is C14H25N3. The summed E-state index contributed by atoms with van der Waals surface area (Å²) in [6.45, 7) is 5.38. The molecule has 0 saturated heterocycles. The quantitative estimate of drug-likeness (QED) is 0.869. The Balaban J connectivity index is 1.82. The Morgan fingerprint density at radius 1 is 1.41 bits per heavy atom. The largest absolute Gasteiger partial charge is 0.310 e. The molecule has 3 heteroatoms. The van der Waals surface area contributed by atoms with Crippen LogP contribution in [0.3, 0.4) is 0 Å². The highest BCUT2D eigenvalue weighted by Crippen LogP contribution is 2.26. The van der Waals surface area contributed by atoms with Crippen molar-refractivity contribution < 1.29 is 0 Å². The zero-order chi connectivity index (χ0) is 12.3. The first kappa shape index (κ1) is 12.6. The van der Waals surface area contributed by atoms with Gasteiger partial charge in [-0.3, -0.25) is 4.68 Å². The summed E-state index contributed by atoms with van der Waals surface area (Å²) in [5.41, 5.74) is 2.48. The molecule has 0 aromatic carbocycles. The van der Waals surface area contributed by atoms with Crippen LogP contribution in [-0.4, -0.2) is 15.8 Å². The third-order valence-electron chi connectivity index (χ3n) is 4.09. The highest BCUT2D eigenvalue weighted by atomic mass is 15.2. The molecule has 1 atom stereocenters. The molecule has 17 heavy (non-hydrogen) atoms. The van der Waals surface area contributed by atoms with E-state index in [2.05, 4.69) is 30.5 Å². The van der Waals surface area contributed by atoms with Crippen molar-refractivity contribution in [3.8, 4) is 0 Å². The van der Waals surface area contributed by atoms with E-state index in [0.29, 0.717) is 6.04 Å². The Morgan fingerprint density at radius 2 is 2.12 bits per heavy atom. The number of nitrogens with zero attached hydrogens (tertiary/aromatic N) is 2. The van der Waals surface area contributed by atoms with Crippen LogP contribution in [0.5, 0.6) is 0 Å². The fraction of sp³-hybridized carbons (Fsp3) is 0.786. The molecule has 1 aromatic rings. The maximum atomic E-state index is 4.38. The molecule has 0 bridgehead atoms. The molecule has 1 aromatic heterocycles. The summed E-state index contributed by atoms with van der Waals surface area (Å²) >= 11 is 0. The minimum Gasteiger partial charge on any atom is -0.310 e. The lowest BCUT2D eigenvalue weighted by Gasteiger charge is -2.28. The smallest absolute Gasteiger partial charge is 0.0638 e. The Kier molecular flexibility index (Phi) is 4.21. The van der Waals surface area contributed by atoms with Gasteiger partial charge in [-0.25, -0.2) is 0 Å². The number of hydrogen-bond acceptors (Lipinski definition) is 2. The molecule has 3 nitrogen and oxygen atoms in total. The van der Waals surface area contributed by atoms with Crippen LogP contribution in [0, 0.1) is 12.8 Å². The van der Waals surface area contributed by atoms with E-state index >= 15 is 0 Å². The molecule has 0 unspecified atom stereocenters. The summed E-state index contributed by atoms with van der Waals surface area (Å²) in [7, 11) is 1.99. The molecule has 96 valence electrons. The molecule has 1 heterocycles. The van der Waals surface area contributed by atoms with Gasteiger partial charge in [0, 0.05) is 31.4 Å². The standard InChI is InChI=1S/C14H25N3/c1-11(13-7-5-4-6-8-13)15-9-14-10-17(3)16-12(14)2/h10-11,13,15H,4-9H2,1-3H3/t11-/m1/s1. The average molecular weight is 235 g/mol. The molecule has 0 amide bonds.